The van der Waals surface area contributed by atoms with Crippen LogP contribution >= 0.6 is 0 Å². The minimum Gasteiger partial charge on any atom is -0.325 e. The molecule has 7 heteroatoms. The Labute approximate surface area is 154 Å². The molecule has 0 aromatic heterocycles. The molecule has 0 saturated carbocycles. The number of likely N-dealkylation sites (tertiary alicyclic amines) is 1. The normalized spacial score (nSPS) is 15.7. The van der Waals surface area contributed by atoms with Crippen LogP contribution in [0, 0.1) is 0 Å². The van der Waals surface area contributed by atoms with E-state index in [1.54, 1.807) is 24.0 Å². The van der Waals surface area contributed by atoms with Crippen LogP contribution in [0.4, 0.5) is 10.5 Å². The average molecular weight is 373 g/mol. The Morgan fingerprint density at radius 3 is 2.23 bits per heavy atom. The molecule has 0 unspecified atom stereocenters. The molecule has 1 atom stereocenters. The first kappa shape index (κ1) is 18.4. The van der Waals surface area contributed by atoms with Crippen LogP contribution in [-0.4, -0.2) is 32.4 Å². The summed E-state index contributed by atoms with van der Waals surface area (Å²) in [6, 6.07) is 15.1. The molecule has 138 valence electrons. The molecule has 1 fully saturated rings. The van der Waals surface area contributed by atoms with E-state index in [4.69, 9.17) is 0 Å². The maximum absolute atomic E-state index is 12.6. The van der Waals surface area contributed by atoms with Crippen LogP contribution < -0.4 is 10.0 Å². The quantitative estimate of drug-likeness (QED) is 0.844. The Bertz CT molecular complexity index is 845. The van der Waals surface area contributed by atoms with Crippen molar-refractivity contribution in [1.82, 2.24) is 9.62 Å². The van der Waals surface area contributed by atoms with Crippen LogP contribution in [-0.2, 0) is 10.0 Å². The summed E-state index contributed by atoms with van der Waals surface area (Å²) in [7, 11) is -3.64. The molecule has 1 aliphatic heterocycles. The fourth-order valence-corrected chi connectivity index (χ4v) is 4.18. The zero-order valence-electron chi connectivity index (χ0n) is 14.7. The number of rotatable bonds is 5. The number of carbonyl (C=O) groups excluding carboxylic acids is 1. The fourth-order valence-electron chi connectivity index (χ4n) is 2.95. The molecule has 0 bridgehead atoms. The van der Waals surface area contributed by atoms with Gasteiger partial charge in [0, 0.05) is 24.8 Å². The first-order chi connectivity index (χ1) is 12.5. The van der Waals surface area contributed by atoms with Gasteiger partial charge in [-0.15, -0.1) is 0 Å². The molecule has 0 aliphatic carbocycles. The van der Waals surface area contributed by atoms with Crippen LogP contribution in [0.3, 0.4) is 0 Å². The Kier molecular flexibility index (Phi) is 5.58. The standard InChI is InChI=1S/C19H23N3O3S/c1-15(16-7-3-2-4-8-16)21-26(24,25)18-11-9-17(10-12-18)20-19(23)22-13-5-6-14-22/h2-4,7-12,15,21H,5-6,13-14H2,1H3,(H,20,23)/t15-/m1/s1. The van der Waals surface area contributed by atoms with Crippen LogP contribution in [0.25, 0.3) is 0 Å². The number of sulfonamides is 1. The summed E-state index contributed by atoms with van der Waals surface area (Å²) in [6.45, 7) is 3.33. The maximum Gasteiger partial charge on any atom is 0.321 e. The van der Waals surface area contributed by atoms with Gasteiger partial charge in [0.05, 0.1) is 4.90 Å². The number of anilines is 1. The van der Waals surface area contributed by atoms with Crippen molar-refractivity contribution >= 4 is 21.7 Å². The van der Waals surface area contributed by atoms with Crippen molar-refractivity contribution in [2.75, 3.05) is 18.4 Å². The molecular weight excluding hydrogens is 350 g/mol. The predicted molar refractivity (Wildman–Crippen MR) is 101 cm³/mol. The van der Waals surface area contributed by atoms with Crippen LogP contribution in [0.5, 0.6) is 0 Å². The fraction of sp³-hybridized carbons (Fsp3) is 0.316. The van der Waals surface area contributed by atoms with Crippen LogP contribution in [0.2, 0.25) is 0 Å². The molecule has 2 aromatic rings. The van der Waals surface area contributed by atoms with E-state index in [0.29, 0.717) is 5.69 Å². The Morgan fingerprint density at radius 1 is 1.00 bits per heavy atom. The second-order valence-electron chi connectivity index (χ2n) is 6.40. The van der Waals surface area contributed by atoms with Gasteiger partial charge in [0.15, 0.2) is 0 Å². The number of hydrogen-bond acceptors (Lipinski definition) is 3. The zero-order valence-corrected chi connectivity index (χ0v) is 15.5. The van der Waals surface area contributed by atoms with Crippen molar-refractivity contribution in [2.24, 2.45) is 0 Å². The van der Waals surface area contributed by atoms with E-state index >= 15 is 0 Å². The van der Waals surface area contributed by atoms with E-state index < -0.39 is 10.0 Å². The van der Waals surface area contributed by atoms with Crippen molar-refractivity contribution in [3.63, 3.8) is 0 Å². The van der Waals surface area contributed by atoms with E-state index in [0.717, 1.165) is 31.5 Å². The molecule has 6 nitrogen and oxygen atoms in total. The highest BCUT2D eigenvalue weighted by Crippen LogP contribution is 2.19. The van der Waals surface area contributed by atoms with E-state index in [-0.39, 0.29) is 17.0 Å². The number of hydrogen-bond donors (Lipinski definition) is 2. The van der Waals surface area contributed by atoms with Crippen LogP contribution in [0.1, 0.15) is 31.4 Å². The first-order valence-corrected chi connectivity index (χ1v) is 10.2. The van der Waals surface area contributed by atoms with Gasteiger partial charge < -0.3 is 10.2 Å². The third-order valence-corrected chi connectivity index (χ3v) is 6.00. The number of carbonyl (C=O) groups is 1. The molecule has 0 radical (unpaired) electrons. The molecule has 1 saturated heterocycles. The average Bonchev–Trinajstić information content (AvgIpc) is 3.17. The molecule has 1 aliphatic rings. The monoisotopic (exact) mass is 373 g/mol. The third kappa shape index (κ3) is 4.42. The summed E-state index contributed by atoms with van der Waals surface area (Å²) in [5.41, 5.74) is 1.47. The van der Waals surface area contributed by atoms with Gasteiger partial charge in [0.25, 0.3) is 0 Å². The molecule has 3 rings (SSSR count). The molecule has 0 spiro atoms. The van der Waals surface area contributed by atoms with Crippen molar-refractivity contribution in [3.8, 4) is 0 Å². The van der Waals surface area contributed by atoms with Gasteiger partial charge in [-0.3, -0.25) is 0 Å². The minimum atomic E-state index is -3.64. The SMILES string of the molecule is C[C@@H](NS(=O)(=O)c1ccc(NC(=O)N2CCCC2)cc1)c1ccccc1. The molecule has 26 heavy (non-hydrogen) atoms. The van der Waals surface area contributed by atoms with Crippen molar-refractivity contribution in [1.29, 1.82) is 0 Å². The highest BCUT2D eigenvalue weighted by molar-refractivity contribution is 7.89. The molecule has 2 N–H and O–H groups in total. The topological polar surface area (TPSA) is 78.5 Å². The molecule has 2 amide bonds. The summed E-state index contributed by atoms with van der Waals surface area (Å²) < 4.78 is 27.8. The molecule has 1 heterocycles. The number of nitrogens with zero attached hydrogens (tertiary/aromatic N) is 1. The largest absolute Gasteiger partial charge is 0.325 e. The number of urea groups is 1. The van der Waals surface area contributed by atoms with Crippen molar-refractivity contribution in [3.05, 3.63) is 60.2 Å². The maximum atomic E-state index is 12.6. The lowest BCUT2D eigenvalue weighted by molar-refractivity contribution is 0.222. The highest BCUT2D eigenvalue weighted by atomic mass is 32.2. The Morgan fingerprint density at radius 2 is 1.62 bits per heavy atom. The molecular formula is C19H23N3O3S. The number of nitrogens with one attached hydrogen (secondary N) is 2. The number of benzene rings is 2. The number of amides is 2. The van der Waals surface area contributed by atoms with E-state index in [2.05, 4.69) is 10.0 Å². The van der Waals surface area contributed by atoms with E-state index in [1.165, 1.54) is 12.1 Å². The smallest absolute Gasteiger partial charge is 0.321 e. The summed E-state index contributed by atoms with van der Waals surface area (Å²) >= 11 is 0. The van der Waals surface area contributed by atoms with Gasteiger partial charge in [-0.25, -0.2) is 17.9 Å². The van der Waals surface area contributed by atoms with Gasteiger partial charge in [-0.05, 0) is 49.6 Å². The van der Waals surface area contributed by atoms with E-state index in [1.807, 2.05) is 30.3 Å². The summed E-state index contributed by atoms with van der Waals surface area (Å²) in [5, 5.41) is 2.80. The first-order valence-electron chi connectivity index (χ1n) is 8.69. The van der Waals surface area contributed by atoms with Gasteiger partial charge in [-0.1, -0.05) is 30.3 Å². The van der Waals surface area contributed by atoms with Crippen molar-refractivity contribution < 1.29 is 13.2 Å². The Hall–Kier alpha value is -2.38. The Balaban J connectivity index is 1.65. The summed E-state index contributed by atoms with van der Waals surface area (Å²) in [6.07, 6.45) is 2.05. The van der Waals surface area contributed by atoms with E-state index in [9.17, 15) is 13.2 Å². The summed E-state index contributed by atoms with van der Waals surface area (Å²) in [4.78, 5) is 14.0. The second kappa shape index (κ2) is 7.88. The van der Waals surface area contributed by atoms with Gasteiger partial charge in [-0.2, -0.15) is 0 Å². The highest BCUT2D eigenvalue weighted by Gasteiger charge is 2.20. The third-order valence-electron chi connectivity index (χ3n) is 4.44. The lowest BCUT2D eigenvalue weighted by atomic mass is 10.1. The second-order valence-corrected chi connectivity index (χ2v) is 8.12. The van der Waals surface area contributed by atoms with Gasteiger partial charge >= 0.3 is 6.03 Å². The zero-order chi connectivity index (χ0) is 18.6. The molecule has 2 aromatic carbocycles. The van der Waals surface area contributed by atoms with Crippen LogP contribution in [0.15, 0.2) is 59.5 Å². The van der Waals surface area contributed by atoms with Gasteiger partial charge in [0.1, 0.15) is 0 Å². The minimum absolute atomic E-state index is 0.145. The lowest BCUT2D eigenvalue weighted by Crippen LogP contribution is -2.32. The summed E-state index contributed by atoms with van der Waals surface area (Å²) in [5.74, 6) is 0. The van der Waals surface area contributed by atoms with Gasteiger partial charge in [0.2, 0.25) is 10.0 Å². The van der Waals surface area contributed by atoms with Crippen molar-refractivity contribution in [2.45, 2.75) is 30.7 Å². The lowest BCUT2D eigenvalue weighted by Gasteiger charge is -2.17. The predicted octanol–water partition coefficient (Wildman–Crippen LogP) is 3.35.